The number of benzene rings is 1. The molecule has 0 N–H and O–H groups in total. The van der Waals surface area contributed by atoms with Gasteiger partial charge in [-0.05, 0) is 13.0 Å². The van der Waals surface area contributed by atoms with Crippen LogP contribution < -0.4 is 14.2 Å². The molecular formula is C13H16NO3. The summed E-state index contributed by atoms with van der Waals surface area (Å²) < 4.78 is 18.1. The van der Waals surface area contributed by atoms with Crippen LogP contribution in [0.5, 0.6) is 17.2 Å². The van der Waals surface area contributed by atoms with Crippen LogP contribution in [-0.2, 0) is 7.05 Å². The van der Waals surface area contributed by atoms with E-state index < -0.39 is 0 Å². The number of nitrogens with zero attached hydrogens (tertiary/aromatic N) is 1. The molecule has 0 saturated carbocycles. The van der Waals surface area contributed by atoms with E-state index in [0.717, 1.165) is 16.6 Å². The monoisotopic (exact) mass is 234 g/mol. The van der Waals surface area contributed by atoms with Crippen molar-refractivity contribution in [3.63, 3.8) is 0 Å². The Bertz CT molecular complexity index is 558. The fraction of sp³-hybridized carbons (Fsp3) is 0.385. The molecule has 4 nitrogen and oxygen atoms in total. The first-order valence-electron chi connectivity index (χ1n) is 5.31. The van der Waals surface area contributed by atoms with Crippen LogP contribution in [0.1, 0.15) is 5.69 Å². The lowest BCUT2D eigenvalue weighted by Crippen LogP contribution is -1.98. The maximum atomic E-state index is 5.44. The molecule has 2 aromatic rings. The molecule has 0 atom stereocenters. The van der Waals surface area contributed by atoms with Crippen molar-refractivity contribution in [2.24, 2.45) is 7.05 Å². The fourth-order valence-corrected chi connectivity index (χ4v) is 2.02. The van der Waals surface area contributed by atoms with Crippen LogP contribution in [0.4, 0.5) is 0 Å². The largest absolute Gasteiger partial charge is 0.493 e. The van der Waals surface area contributed by atoms with Crippen LogP contribution in [0.15, 0.2) is 6.07 Å². The summed E-state index contributed by atoms with van der Waals surface area (Å²) in [5.74, 6) is 1.93. The van der Waals surface area contributed by atoms with Crippen LogP contribution >= 0.6 is 0 Å². The number of methoxy groups -OCH3 is 3. The predicted octanol–water partition coefficient (Wildman–Crippen LogP) is 2.31. The minimum Gasteiger partial charge on any atom is -0.493 e. The van der Waals surface area contributed by atoms with E-state index in [-0.39, 0.29) is 0 Å². The van der Waals surface area contributed by atoms with E-state index >= 15 is 0 Å². The SMILES string of the molecule is COc1cc2[c]c(C)n(C)c2c(OC)c1OC. The van der Waals surface area contributed by atoms with Gasteiger partial charge in [-0.25, -0.2) is 0 Å². The Balaban J connectivity index is 2.89. The molecule has 0 aliphatic carbocycles. The van der Waals surface area contributed by atoms with Gasteiger partial charge in [0.25, 0.3) is 0 Å². The Kier molecular flexibility index (Phi) is 2.88. The van der Waals surface area contributed by atoms with Crippen molar-refractivity contribution in [2.45, 2.75) is 6.92 Å². The molecule has 0 aliphatic rings. The highest BCUT2D eigenvalue weighted by Gasteiger charge is 2.19. The van der Waals surface area contributed by atoms with Gasteiger partial charge in [-0.1, -0.05) is 0 Å². The van der Waals surface area contributed by atoms with Gasteiger partial charge < -0.3 is 18.8 Å². The summed E-state index contributed by atoms with van der Waals surface area (Å²) in [4.78, 5) is 0. The van der Waals surface area contributed by atoms with Gasteiger partial charge in [0.1, 0.15) is 0 Å². The van der Waals surface area contributed by atoms with E-state index in [9.17, 15) is 0 Å². The Morgan fingerprint density at radius 3 is 2.24 bits per heavy atom. The summed E-state index contributed by atoms with van der Waals surface area (Å²) in [7, 11) is 6.81. The zero-order valence-corrected chi connectivity index (χ0v) is 10.7. The highest BCUT2D eigenvalue weighted by atomic mass is 16.5. The molecule has 0 fully saturated rings. The summed E-state index contributed by atoms with van der Waals surface area (Å²) in [5, 5.41) is 0.958. The van der Waals surface area contributed by atoms with Gasteiger partial charge in [-0.3, -0.25) is 0 Å². The van der Waals surface area contributed by atoms with Crippen LogP contribution in [0.25, 0.3) is 10.9 Å². The zero-order valence-electron chi connectivity index (χ0n) is 10.7. The first-order chi connectivity index (χ1) is 8.13. The van der Waals surface area contributed by atoms with Crippen molar-refractivity contribution in [1.29, 1.82) is 0 Å². The second kappa shape index (κ2) is 4.20. The van der Waals surface area contributed by atoms with Crippen molar-refractivity contribution >= 4 is 10.9 Å². The molecule has 0 aliphatic heterocycles. The van der Waals surface area contributed by atoms with E-state index in [1.165, 1.54) is 0 Å². The van der Waals surface area contributed by atoms with Gasteiger partial charge in [0.15, 0.2) is 11.5 Å². The maximum absolute atomic E-state index is 5.44. The first kappa shape index (κ1) is 11.6. The molecule has 1 radical (unpaired) electrons. The summed E-state index contributed by atoms with van der Waals surface area (Å²) in [6.07, 6.45) is 0. The lowest BCUT2D eigenvalue weighted by Gasteiger charge is -2.14. The average Bonchev–Trinajstić information content (AvgIpc) is 2.62. The summed E-state index contributed by atoms with van der Waals surface area (Å²) in [6, 6.07) is 5.18. The molecule has 1 heterocycles. The second-order valence-electron chi connectivity index (χ2n) is 3.81. The van der Waals surface area contributed by atoms with Gasteiger partial charge in [0, 0.05) is 24.2 Å². The Morgan fingerprint density at radius 2 is 1.71 bits per heavy atom. The minimum absolute atomic E-state index is 0.608. The molecule has 0 bridgehead atoms. The Morgan fingerprint density at radius 1 is 1.06 bits per heavy atom. The zero-order chi connectivity index (χ0) is 12.6. The van der Waals surface area contributed by atoms with Crippen molar-refractivity contribution in [3.05, 3.63) is 17.8 Å². The molecule has 0 spiro atoms. The van der Waals surface area contributed by atoms with Crippen molar-refractivity contribution in [3.8, 4) is 17.2 Å². The number of aromatic nitrogens is 1. The standard InChI is InChI=1S/C13H16NO3/c1-8-6-9-7-10(15-3)12(16-4)13(17-5)11(9)14(8)2/h7H,1-5H3. The molecular weight excluding hydrogens is 218 g/mol. The second-order valence-corrected chi connectivity index (χ2v) is 3.81. The lowest BCUT2D eigenvalue weighted by atomic mass is 10.2. The Labute approximate surface area is 101 Å². The summed E-state index contributed by atoms with van der Waals surface area (Å²) in [5.41, 5.74) is 2.00. The third kappa shape index (κ3) is 1.60. The smallest absolute Gasteiger partial charge is 0.205 e. The summed E-state index contributed by atoms with van der Waals surface area (Å²) >= 11 is 0. The van der Waals surface area contributed by atoms with Gasteiger partial charge in [0.2, 0.25) is 5.75 Å². The lowest BCUT2D eigenvalue weighted by molar-refractivity contribution is 0.326. The number of hydrogen-bond acceptors (Lipinski definition) is 3. The molecule has 1 aromatic carbocycles. The highest BCUT2D eigenvalue weighted by molar-refractivity contribution is 5.91. The van der Waals surface area contributed by atoms with Crippen molar-refractivity contribution in [1.82, 2.24) is 4.57 Å². The van der Waals surface area contributed by atoms with Crippen LogP contribution in [0, 0.1) is 13.0 Å². The molecule has 0 saturated heterocycles. The van der Waals surface area contributed by atoms with Crippen molar-refractivity contribution < 1.29 is 14.2 Å². The highest BCUT2D eigenvalue weighted by Crippen LogP contribution is 2.43. The summed E-state index contributed by atoms with van der Waals surface area (Å²) in [6.45, 7) is 2.00. The number of fused-ring (bicyclic) bond motifs is 1. The van der Waals surface area contributed by atoms with Gasteiger partial charge in [-0.15, -0.1) is 0 Å². The molecule has 4 heteroatoms. The average molecular weight is 234 g/mol. The first-order valence-corrected chi connectivity index (χ1v) is 5.31. The number of ether oxygens (including phenoxy) is 3. The molecule has 2 rings (SSSR count). The maximum Gasteiger partial charge on any atom is 0.205 e. The Hall–Kier alpha value is -1.84. The normalized spacial score (nSPS) is 10.6. The third-order valence-electron chi connectivity index (χ3n) is 2.96. The quantitative estimate of drug-likeness (QED) is 0.817. The molecule has 91 valence electrons. The van der Waals surface area contributed by atoms with E-state index in [1.807, 2.05) is 24.6 Å². The number of hydrogen-bond donors (Lipinski definition) is 0. The van der Waals surface area contributed by atoms with Crippen LogP contribution in [0.3, 0.4) is 0 Å². The molecule has 0 unspecified atom stereocenters. The molecule has 17 heavy (non-hydrogen) atoms. The van der Waals surface area contributed by atoms with E-state index in [0.29, 0.717) is 17.2 Å². The van der Waals surface area contributed by atoms with Crippen molar-refractivity contribution in [2.75, 3.05) is 21.3 Å². The van der Waals surface area contributed by atoms with Gasteiger partial charge >= 0.3 is 0 Å². The van der Waals surface area contributed by atoms with Crippen LogP contribution in [0.2, 0.25) is 0 Å². The van der Waals surface area contributed by atoms with E-state index in [4.69, 9.17) is 14.2 Å². The fourth-order valence-electron chi connectivity index (χ4n) is 2.02. The number of rotatable bonds is 3. The van der Waals surface area contributed by atoms with E-state index in [2.05, 4.69) is 6.07 Å². The number of aryl methyl sites for hydroxylation is 2. The van der Waals surface area contributed by atoms with E-state index in [1.54, 1.807) is 21.3 Å². The predicted molar refractivity (Wildman–Crippen MR) is 66.1 cm³/mol. The van der Waals surface area contributed by atoms with Gasteiger partial charge in [0.05, 0.1) is 26.8 Å². The molecule has 0 amide bonds. The topological polar surface area (TPSA) is 32.6 Å². The molecule has 1 aromatic heterocycles. The third-order valence-corrected chi connectivity index (χ3v) is 2.96. The minimum atomic E-state index is 0.608. The van der Waals surface area contributed by atoms with Gasteiger partial charge in [-0.2, -0.15) is 0 Å². The van der Waals surface area contributed by atoms with Crippen LogP contribution in [-0.4, -0.2) is 25.9 Å².